The van der Waals surface area contributed by atoms with Crippen LogP contribution in [0.4, 0.5) is 0 Å². The van der Waals surface area contributed by atoms with Gasteiger partial charge in [0.1, 0.15) is 5.75 Å². The third-order valence-corrected chi connectivity index (χ3v) is 4.15. The van der Waals surface area contributed by atoms with Crippen LogP contribution in [0.25, 0.3) is 0 Å². The molecule has 1 unspecified atom stereocenters. The van der Waals surface area contributed by atoms with E-state index in [0.29, 0.717) is 22.8 Å². The Labute approximate surface area is 151 Å². The molecule has 5 nitrogen and oxygen atoms in total. The van der Waals surface area contributed by atoms with E-state index >= 15 is 0 Å². The Kier molecular flexibility index (Phi) is 6.42. The molecule has 2 aromatic carbocycles. The number of halogens is 1. The first-order chi connectivity index (χ1) is 11.9. The Morgan fingerprint density at radius 1 is 1.24 bits per heavy atom. The molecule has 132 valence electrons. The Hall–Kier alpha value is -2.53. The van der Waals surface area contributed by atoms with Gasteiger partial charge in [-0.3, -0.25) is 9.59 Å². The van der Waals surface area contributed by atoms with E-state index < -0.39 is 11.9 Å². The molecule has 0 heterocycles. The molecule has 0 aliphatic carbocycles. The number of nitrogens with one attached hydrogen (secondary N) is 1. The molecule has 0 spiro atoms. The maximum atomic E-state index is 12.3. The third kappa shape index (κ3) is 5.22. The minimum Gasteiger partial charge on any atom is -0.495 e. The first-order valence-electron chi connectivity index (χ1n) is 7.80. The summed E-state index contributed by atoms with van der Waals surface area (Å²) in [5.41, 5.74) is 2.36. The highest BCUT2D eigenvalue weighted by atomic mass is 35.5. The van der Waals surface area contributed by atoms with Gasteiger partial charge in [0.25, 0.3) is 5.91 Å². The predicted octanol–water partition coefficient (Wildman–Crippen LogP) is 3.33. The molecule has 2 N–H and O–H groups in total. The van der Waals surface area contributed by atoms with Crippen LogP contribution in [-0.4, -0.2) is 30.6 Å². The van der Waals surface area contributed by atoms with E-state index in [0.717, 1.165) is 11.1 Å². The van der Waals surface area contributed by atoms with E-state index in [4.69, 9.17) is 16.3 Å². The first kappa shape index (κ1) is 18.8. The lowest BCUT2D eigenvalue weighted by atomic mass is 9.98. The van der Waals surface area contributed by atoms with Gasteiger partial charge in [0, 0.05) is 12.1 Å². The molecule has 0 saturated carbocycles. The molecule has 6 heteroatoms. The number of rotatable bonds is 7. The van der Waals surface area contributed by atoms with Gasteiger partial charge >= 0.3 is 5.97 Å². The molecular weight excluding hydrogens is 342 g/mol. The normalized spacial score (nSPS) is 11.6. The minimum absolute atomic E-state index is 0.0348. The molecular formula is C19H20ClNO4. The number of carbonyl (C=O) groups excluding carboxylic acids is 1. The molecule has 0 radical (unpaired) electrons. The lowest BCUT2D eigenvalue weighted by Gasteiger charge is -2.14. The van der Waals surface area contributed by atoms with Crippen LogP contribution in [-0.2, 0) is 11.2 Å². The van der Waals surface area contributed by atoms with Gasteiger partial charge in [-0.2, -0.15) is 0 Å². The highest BCUT2D eigenvalue weighted by molar-refractivity contribution is 6.32. The standard InChI is InChI=1S/C19H20ClNO4/c1-12-4-3-5-13(8-12)9-15(19(23)24)11-21-18(22)14-6-7-16(20)17(10-14)25-2/h3-8,10,15H,9,11H2,1-2H3,(H,21,22)(H,23,24). The lowest BCUT2D eigenvalue weighted by Crippen LogP contribution is -2.34. The highest BCUT2D eigenvalue weighted by Gasteiger charge is 2.20. The second-order valence-corrected chi connectivity index (χ2v) is 6.19. The zero-order valence-corrected chi connectivity index (χ0v) is 14.8. The summed E-state index contributed by atoms with van der Waals surface area (Å²) < 4.78 is 5.08. The number of ether oxygens (including phenoxy) is 1. The zero-order chi connectivity index (χ0) is 18.4. The molecule has 25 heavy (non-hydrogen) atoms. The number of carboxylic acids is 1. The SMILES string of the molecule is COc1cc(C(=O)NCC(Cc2cccc(C)c2)C(=O)O)ccc1Cl. The van der Waals surface area contributed by atoms with Crippen molar-refractivity contribution in [3.63, 3.8) is 0 Å². The van der Waals surface area contributed by atoms with Crippen molar-refractivity contribution < 1.29 is 19.4 Å². The summed E-state index contributed by atoms with van der Waals surface area (Å²) in [6.07, 6.45) is 0.348. The van der Waals surface area contributed by atoms with Crippen molar-refractivity contribution in [1.29, 1.82) is 0 Å². The van der Waals surface area contributed by atoms with E-state index in [9.17, 15) is 14.7 Å². The fraction of sp³-hybridized carbons (Fsp3) is 0.263. The smallest absolute Gasteiger partial charge is 0.308 e. The van der Waals surface area contributed by atoms with Crippen molar-refractivity contribution >= 4 is 23.5 Å². The number of carbonyl (C=O) groups is 2. The number of aliphatic carboxylic acids is 1. The van der Waals surface area contributed by atoms with Crippen molar-refractivity contribution in [2.75, 3.05) is 13.7 Å². The van der Waals surface area contributed by atoms with Gasteiger partial charge in [-0.15, -0.1) is 0 Å². The monoisotopic (exact) mass is 361 g/mol. The van der Waals surface area contributed by atoms with E-state index in [1.807, 2.05) is 31.2 Å². The predicted molar refractivity (Wildman–Crippen MR) is 96.3 cm³/mol. The average Bonchev–Trinajstić information content (AvgIpc) is 2.58. The van der Waals surface area contributed by atoms with Crippen molar-refractivity contribution in [3.8, 4) is 5.75 Å². The number of benzene rings is 2. The largest absolute Gasteiger partial charge is 0.495 e. The van der Waals surface area contributed by atoms with Crippen molar-refractivity contribution in [3.05, 3.63) is 64.2 Å². The Balaban J connectivity index is 2.03. The lowest BCUT2D eigenvalue weighted by molar-refractivity contribution is -0.141. The molecule has 1 atom stereocenters. The van der Waals surface area contributed by atoms with E-state index in [2.05, 4.69) is 5.32 Å². The molecule has 2 aromatic rings. The van der Waals surface area contributed by atoms with Crippen LogP contribution < -0.4 is 10.1 Å². The molecule has 0 aromatic heterocycles. The zero-order valence-electron chi connectivity index (χ0n) is 14.1. The number of aryl methyl sites for hydroxylation is 1. The summed E-state index contributed by atoms with van der Waals surface area (Å²) in [4.78, 5) is 23.7. The summed E-state index contributed by atoms with van der Waals surface area (Å²) in [6, 6.07) is 12.3. The van der Waals surface area contributed by atoms with Crippen LogP contribution in [0.3, 0.4) is 0 Å². The van der Waals surface area contributed by atoms with Gasteiger partial charge in [0.2, 0.25) is 0 Å². The van der Waals surface area contributed by atoms with E-state index in [1.165, 1.54) is 13.2 Å². The Morgan fingerprint density at radius 3 is 2.64 bits per heavy atom. The van der Waals surface area contributed by atoms with Gasteiger partial charge in [0.15, 0.2) is 0 Å². The highest BCUT2D eigenvalue weighted by Crippen LogP contribution is 2.25. The second-order valence-electron chi connectivity index (χ2n) is 5.79. The first-order valence-corrected chi connectivity index (χ1v) is 8.18. The summed E-state index contributed by atoms with van der Waals surface area (Å²) in [6.45, 7) is 1.99. The third-order valence-electron chi connectivity index (χ3n) is 3.84. The van der Waals surface area contributed by atoms with E-state index in [1.54, 1.807) is 12.1 Å². The average molecular weight is 362 g/mol. The van der Waals surface area contributed by atoms with Crippen LogP contribution in [0.1, 0.15) is 21.5 Å². The van der Waals surface area contributed by atoms with Crippen LogP contribution >= 0.6 is 11.6 Å². The van der Waals surface area contributed by atoms with Crippen molar-refractivity contribution in [2.24, 2.45) is 5.92 Å². The number of methoxy groups -OCH3 is 1. The quantitative estimate of drug-likeness (QED) is 0.793. The Bertz CT molecular complexity index is 776. The fourth-order valence-electron chi connectivity index (χ4n) is 2.49. The maximum Gasteiger partial charge on any atom is 0.308 e. The minimum atomic E-state index is -0.949. The van der Waals surface area contributed by atoms with Gasteiger partial charge in [-0.1, -0.05) is 41.4 Å². The van der Waals surface area contributed by atoms with Crippen molar-refractivity contribution in [1.82, 2.24) is 5.32 Å². The number of hydrogen-bond donors (Lipinski definition) is 2. The molecule has 0 bridgehead atoms. The Morgan fingerprint density at radius 2 is 2.00 bits per heavy atom. The summed E-state index contributed by atoms with van der Waals surface area (Å²) in [7, 11) is 1.46. The van der Waals surface area contributed by atoms with Crippen LogP contribution in [0, 0.1) is 12.8 Å². The second kappa shape index (κ2) is 8.53. The number of amides is 1. The van der Waals surface area contributed by atoms with Gasteiger partial charge in [0.05, 0.1) is 18.1 Å². The van der Waals surface area contributed by atoms with Crippen LogP contribution in [0.2, 0.25) is 5.02 Å². The molecule has 0 fully saturated rings. The number of hydrogen-bond acceptors (Lipinski definition) is 3. The molecule has 0 saturated heterocycles. The van der Waals surface area contributed by atoms with E-state index in [-0.39, 0.29) is 12.5 Å². The molecule has 2 rings (SSSR count). The molecule has 0 aliphatic heterocycles. The van der Waals surface area contributed by atoms with Crippen molar-refractivity contribution in [2.45, 2.75) is 13.3 Å². The van der Waals surface area contributed by atoms with Gasteiger partial charge in [-0.05, 0) is 37.1 Å². The van der Waals surface area contributed by atoms with Crippen LogP contribution in [0.15, 0.2) is 42.5 Å². The molecule has 1 amide bonds. The number of carboxylic acid groups (broad SMARTS) is 1. The summed E-state index contributed by atoms with van der Waals surface area (Å²) in [5, 5.41) is 12.5. The van der Waals surface area contributed by atoms with Gasteiger partial charge < -0.3 is 15.2 Å². The summed E-state index contributed by atoms with van der Waals surface area (Å²) >= 11 is 5.94. The topological polar surface area (TPSA) is 75.6 Å². The summed E-state index contributed by atoms with van der Waals surface area (Å²) in [5.74, 6) is -1.63. The fourth-order valence-corrected chi connectivity index (χ4v) is 2.68. The van der Waals surface area contributed by atoms with Crippen LogP contribution in [0.5, 0.6) is 5.75 Å². The van der Waals surface area contributed by atoms with Gasteiger partial charge in [-0.25, -0.2) is 0 Å². The molecule has 0 aliphatic rings. The maximum absolute atomic E-state index is 12.3.